The third kappa shape index (κ3) is 4.01. The van der Waals surface area contributed by atoms with Crippen LogP contribution in [0.25, 0.3) is 0 Å². The molecule has 1 aliphatic heterocycles. The fourth-order valence-corrected chi connectivity index (χ4v) is 4.40. The number of nitrogens with one attached hydrogen (secondary N) is 1. The fourth-order valence-electron chi connectivity index (χ4n) is 2.30. The summed E-state index contributed by atoms with van der Waals surface area (Å²) >= 11 is 0. The Morgan fingerprint density at radius 1 is 1.57 bits per heavy atom. The summed E-state index contributed by atoms with van der Waals surface area (Å²) in [5.41, 5.74) is 5.16. The molecular weight excluding hydrogens is 294 g/mol. The van der Waals surface area contributed by atoms with E-state index in [1.807, 2.05) is 0 Å². The molecule has 2 heterocycles. The Bertz CT molecular complexity index is 646. The van der Waals surface area contributed by atoms with Gasteiger partial charge in [0.25, 0.3) is 0 Å². The third-order valence-electron chi connectivity index (χ3n) is 3.45. The van der Waals surface area contributed by atoms with Gasteiger partial charge in [-0.3, -0.25) is 4.79 Å². The van der Waals surface area contributed by atoms with E-state index >= 15 is 0 Å². The summed E-state index contributed by atoms with van der Waals surface area (Å²) in [6.07, 6.45) is 2.05. The van der Waals surface area contributed by atoms with Crippen molar-refractivity contribution in [3.63, 3.8) is 0 Å². The van der Waals surface area contributed by atoms with Crippen LogP contribution in [0.5, 0.6) is 0 Å². The van der Waals surface area contributed by atoms with Gasteiger partial charge in [0.05, 0.1) is 28.8 Å². The molecule has 3 N–H and O–H groups in total. The molecule has 0 spiro atoms. The van der Waals surface area contributed by atoms with Crippen LogP contribution in [-0.2, 0) is 26.7 Å². The first kappa shape index (κ1) is 15.9. The smallest absolute Gasteiger partial charge is 0.242 e. The second kappa shape index (κ2) is 5.06. The first-order valence-corrected chi connectivity index (χ1v) is 8.52. The summed E-state index contributed by atoms with van der Waals surface area (Å²) in [6, 6.07) is 0. The van der Waals surface area contributed by atoms with Crippen LogP contribution in [0.2, 0.25) is 0 Å². The summed E-state index contributed by atoms with van der Waals surface area (Å²) < 4.78 is 24.4. The van der Waals surface area contributed by atoms with Crippen molar-refractivity contribution in [2.24, 2.45) is 5.73 Å². The molecule has 9 heteroatoms. The molecule has 21 heavy (non-hydrogen) atoms. The van der Waals surface area contributed by atoms with Crippen molar-refractivity contribution in [3.8, 4) is 0 Å². The average Bonchev–Trinajstić information content (AvgIpc) is 2.82. The molecule has 1 amide bonds. The van der Waals surface area contributed by atoms with Crippen molar-refractivity contribution in [3.05, 3.63) is 11.9 Å². The molecular formula is C12H21N5O3S. The molecule has 1 unspecified atom stereocenters. The second-order valence-electron chi connectivity index (χ2n) is 6.47. The number of hydrogen-bond donors (Lipinski definition) is 2. The Morgan fingerprint density at radius 3 is 2.71 bits per heavy atom. The van der Waals surface area contributed by atoms with Crippen LogP contribution in [-0.4, -0.2) is 46.4 Å². The van der Waals surface area contributed by atoms with Crippen molar-refractivity contribution < 1.29 is 13.2 Å². The number of sulfone groups is 1. The number of aromatic nitrogens is 3. The molecule has 1 saturated heterocycles. The summed E-state index contributed by atoms with van der Waals surface area (Å²) in [7, 11) is -3.05. The quantitative estimate of drug-likeness (QED) is 0.748. The topological polar surface area (TPSA) is 120 Å². The summed E-state index contributed by atoms with van der Waals surface area (Å²) in [6.45, 7) is 5.32. The highest BCUT2D eigenvalue weighted by atomic mass is 32.2. The van der Waals surface area contributed by atoms with Crippen molar-refractivity contribution >= 4 is 15.7 Å². The minimum Gasteiger partial charge on any atom is -0.348 e. The van der Waals surface area contributed by atoms with Gasteiger partial charge >= 0.3 is 0 Å². The predicted molar refractivity (Wildman–Crippen MR) is 77.1 cm³/mol. The molecule has 0 aromatic carbocycles. The third-order valence-corrected chi connectivity index (χ3v) is 5.35. The van der Waals surface area contributed by atoms with Crippen LogP contribution in [0.3, 0.4) is 0 Å². The number of carbonyl (C=O) groups is 1. The maximum atomic E-state index is 12.0. The Kier molecular flexibility index (Phi) is 3.83. The molecule has 0 saturated carbocycles. The van der Waals surface area contributed by atoms with Gasteiger partial charge in [0.1, 0.15) is 12.2 Å². The molecule has 1 aromatic rings. The molecule has 0 radical (unpaired) electrons. The zero-order valence-electron chi connectivity index (χ0n) is 12.5. The van der Waals surface area contributed by atoms with Crippen LogP contribution < -0.4 is 11.1 Å². The largest absolute Gasteiger partial charge is 0.348 e. The molecule has 1 fully saturated rings. The normalized spacial score (nSPS) is 25.0. The van der Waals surface area contributed by atoms with E-state index in [9.17, 15) is 13.2 Å². The highest BCUT2D eigenvalue weighted by molar-refractivity contribution is 7.91. The first-order valence-electron chi connectivity index (χ1n) is 6.70. The summed E-state index contributed by atoms with van der Waals surface area (Å²) in [4.78, 5) is 12.0. The van der Waals surface area contributed by atoms with Crippen LogP contribution in [0.15, 0.2) is 6.20 Å². The van der Waals surface area contributed by atoms with Gasteiger partial charge in [0.15, 0.2) is 9.84 Å². The number of nitrogens with zero attached hydrogens (tertiary/aromatic N) is 3. The zero-order chi connectivity index (χ0) is 15.9. The van der Waals surface area contributed by atoms with Gasteiger partial charge in [-0.25, -0.2) is 13.1 Å². The molecule has 1 aliphatic rings. The molecule has 2 rings (SSSR count). The van der Waals surface area contributed by atoms with E-state index in [4.69, 9.17) is 5.73 Å². The predicted octanol–water partition coefficient (Wildman–Crippen LogP) is -0.835. The lowest BCUT2D eigenvalue weighted by Crippen LogP contribution is -2.48. The molecule has 1 atom stereocenters. The van der Waals surface area contributed by atoms with Gasteiger partial charge in [-0.2, -0.15) is 0 Å². The van der Waals surface area contributed by atoms with Crippen LogP contribution in [0, 0.1) is 0 Å². The minimum atomic E-state index is -3.05. The Balaban J connectivity index is 1.98. The lowest BCUT2D eigenvalue weighted by molar-refractivity contribution is -0.123. The minimum absolute atomic E-state index is 0.0152. The summed E-state index contributed by atoms with van der Waals surface area (Å²) in [5, 5.41) is 10.6. The van der Waals surface area contributed by atoms with E-state index in [1.54, 1.807) is 27.0 Å². The Hall–Kier alpha value is -1.48. The van der Waals surface area contributed by atoms with Gasteiger partial charge in [-0.1, -0.05) is 5.21 Å². The SMILES string of the molecule is CC1(NC(=O)Cn2cc(C(C)(C)N)nn2)CCS(=O)(=O)C1. The van der Waals surface area contributed by atoms with E-state index in [0.717, 1.165) is 0 Å². The molecule has 0 bridgehead atoms. The first-order chi connectivity index (χ1) is 9.49. The molecule has 0 aliphatic carbocycles. The molecule has 118 valence electrons. The lowest BCUT2D eigenvalue weighted by Gasteiger charge is -2.23. The van der Waals surface area contributed by atoms with Crippen LogP contribution in [0.1, 0.15) is 32.9 Å². The Morgan fingerprint density at radius 2 is 2.24 bits per heavy atom. The fraction of sp³-hybridized carbons (Fsp3) is 0.750. The second-order valence-corrected chi connectivity index (χ2v) is 8.66. The van der Waals surface area contributed by atoms with Gasteiger partial charge in [-0.05, 0) is 27.2 Å². The average molecular weight is 315 g/mol. The highest BCUT2D eigenvalue weighted by Crippen LogP contribution is 2.22. The lowest BCUT2D eigenvalue weighted by atomic mass is 10.0. The van der Waals surface area contributed by atoms with Gasteiger partial charge in [0, 0.05) is 0 Å². The maximum absolute atomic E-state index is 12.0. The molecule has 1 aromatic heterocycles. The van der Waals surface area contributed by atoms with Gasteiger partial charge in [0.2, 0.25) is 5.91 Å². The van der Waals surface area contributed by atoms with E-state index in [-0.39, 0.29) is 24.0 Å². The highest BCUT2D eigenvalue weighted by Gasteiger charge is 2.39. The van der Waals surface area contributed by atoms with Crippen LogP contribution in [0.4, 0.5) is 0 Å². The zero-order valence-corrected chi connectivity index (χ0v) is 13.3. The number of hydrogen-bond acceptors (Lipinski definition) is 6. The van der Waals surface area contributed by atoms with Gasteiger partial charge in [-0.15, -0.1) is 5.10 Å². The van der Waals surface area contributed by atoms with E-state index < -0.39 is 20.9 Å². The van der Waals surface area contributed by atoms with Crippen LogP contribution >= 0.6 is 0 Å². The van der Waals surface area contributed by atoms with Crippen molar-refractivity contribution in [1.82, 2.24) is 20.3 Å². The maximum Gasteiger partial charge on any atom is 0.242 e. The standard InChI is InChI=1S/C12H21N5O3S/c1-11(2,13)9-6-17(16-15-9)7-10(18)14-12(3)4-5-21(19,20)8-12/h6H,4-5,7-8,13H2,1-3H3,(H,14,18). The van der Waals surface area contributed by atoms with E-state index in [0.29, 0.717) is 12.1 Å². The van der Waals surface area contributed by atoms with Crippen molar-refractivity contribution in [2.45, 2.75) is 44.8 Å². The number of carbonyl (C=O) groups excluding carboxylic acids is 1. The monoisotopic (exact) mass is 315 g/mol. The van der Waals surface area contributed by atoms with E-state index in [2.05, 4.69) is 15.6 Å². The summed E-state index contributed by atoms with van der Waals surface area (Å²) in [5.74, 6) is -0.205. The van der Waals surface area contributed by atoms with Crippen molar-refractivity contribution in [2.75, 3.05) is 11.5 Å². The number of rotatable bonds is 4. The number of amides is 1. The van der Waals surface area contributed by atoms with Crippen molar-refractivity contribution in [1.29, 1.82) is 0 Å². The molecule has 8 nitrogen and oxygen atoms in total. The Labute approximate surface area is 124 Å². The van der Waals surface area contributed by atoms with Gasteiger partial charge < -0.3 is 11.1 Å². The van der Waals surface area contributed by atoms with E-state index in [1.165, 1.54) is 4.68 Å². The number of nitrogens with two attached hydrogens (primary N) is 1.